The molecular formula is C16H18N2O. The molecule has 2 aromatic rings. The summed E-state index contributed by atoms with van der Waals surface area (Å²) in [5.74, 6) is 0.177. The number of carbonyl (C=O) groups is 1. The molecule has 3 rings (SSSR count). The van der Waals surface area contributed by atoms with Crippen molar-refractivity contribution in [3.05, 3.63) is 53.9 Å². The second-order valence-corrected chi connectivity index (χ2v) is 5.24. The molecule has 0 saturated heterocycles. The quantitative estimate of drug-likeness (QED) is 0.787. The number of aromatic nitrogens is 1. The number of carbonyl (C=O) groups excluding carboxylic acids is 1. The van der Waals surface area contributed by atoms with E-state index in [1.54, 1.807) is 0 Å². The predicted molar refractivity (Wildman–Crippen MR) is 76.7 cm³/mol. The molecule has 0 spiro atoms. The number of ketones is 1. The molecule has 1 aromatic heterocycles. The number of hydrogen-bond acceptors (Lipinski definition) is 2. The summed E-state index contributed by atoms with van der Waals surface area (Å²) < 4.78 is 1.88. The molecule has 0 bridgehead atoms. The first-order chi connectivity index (χ1) is 9.16. The van der Waals surface area contributed by atoms with E-state index in [1.165, 1.54) is 11.3 Å². The van der Waals surface area contributed by atoms with Crippen molar-refractivity contribution in [3.8, 4) is 0 Å². The number of benzene rings is 1. The van der Waals surface area contributed by atoms with Crippen LogP contribution in [-0.2, 0) is 13.5 Å². The van der Waals surface area contributed by atoms with Crippen molar-refractivity contribution in [2.45, 2.75) is 19.4 Å². The Bertz CT molecular complexity index is 615. The molecule has 1 aliphatic rings. The van der Waals surface area contributed by atoms with E-state index in [2.05, 4.69) is 30.0 Å². The Morgan fingerprint density at radius 1 is 1.26 bits per heavy atom. The highest BCUT2D eigenvalue weighted by Crippen LogP contribution is 2.31. The van der Waals surface area contributed by atoms with Gasteiger partial charge in [-0.15, -0.1) is 0 Å². The fourth-order valence-corrected chi connectivity index (χ4v) is 2.86. The van der Waals surface area contributed by atoms with Gasteiger partial charge in [-0.2, -0.15) is 0 Å². The van der Waals surface area contributed by atoms with Gasteiger partial charge in [0.15, 0.2) is 5.78 Å². The third-order valence-corrected chi connectivity index (χ3v) is 3.89. The monoisotopic (exact) mass is 254 g/mol. The maximum absolute atomic E-state index is 12.4. The molecule has 3 heteroatoms. The molecule has 19 heavy (non-hydrogen) atoms. The van der Waals surface area contributed by atoms with Crippen LogP contribution in [0.2, 0.25) is 0 Å². The van der Waals surface area contributed by atoms with Crippen molar-refractivity contribution in [2.75, 3.05) is 11.4 Å². The summed E-state index contributed by atoms with van der Waals surface area (Å²) >= 11 is 0. The Labute approximate surface area is 113 Å². The third kappa shape index (κ3) is 2.05. The van der Waals surface area contributed by atoms with Gasteiger partial charge in [0.1, 0.15) is 0 Å². The summed E-state index contributed by atoms with van der Waals surface area (Å²) in [6.45, 7) is 2.63. The molecule has 2 heterocycles. The lowest BCUT2D eigenvalue weighted by molar-refractivity contribution is 0.0990. The summed E-state index contributed by atoms with van der Waals surface area (Å²) in [4.78, 5) is 14.6. The molecule has 3 nitrogen and oxygen atoms in total. The minimum absolute atomic E-state index is 0.177. The standard InChI is InChI=1S/C16H18N2O/c1-12-10-13-6-3-4-7-14(13)18(12)11-16(19)15-8-5-9-17(15)2/h3-9,12H,10-11H2,1-2H3. The zero-order valence-corrected chi connectivity index (χ0v) is 11.3. The molecule has 1 atom stereocenters. The van der Waals surface area contributed by atoms with Crippen LogP contribution >= 0.6 is 0 Å². The van der Waals surface area contributed by atoms with E-state index in [1.807, 2.05) is 36.0 Å². The van der Waals surface area contributed by atoms with Gasteiger partial charge in [0.25, 0.3) is 0 Å². The van der Waals surface area contributed by atoms with Gasteiger partial charge in [0, 0.05) is 25.0 Å². The van der Waals surface area contributed by atoms with Crippen LogP contribution in [0.15, 0.2) is 42.6 Å². The topological polar surface area (TPSA) is 25.2 Å². The second kappa shape index (κ2) is 4.57. The number of nitrogens with zero attached hydrogens (tertiary/aromatic N) is 2. The Morgan fingerprint density at radius 3 is 2.79 bits per heavy atom. The highest BCUT2D eigenvalue weighted by molar-refractivity contribution is 5.98. The maximum atomic E-state index is 12.4. The van der Waals surface area contributed by atoms with Gasteiger partial charge in [-0.3, -0.25) is 4.79 Å². The van der Waals surface area contributed by atoms with E-state index in [-0.39, 0.29) is 5.78 Å². The Kier molecular flexibility index (Phi) is 2.90. The smallest absolute Gasteiger partial charge is 0.198 e. The number of hydrogen-bond donors (Lipinski definition) is 0. The van der Waals surface area contributed by atoms with Crippen molar-refractivity contribution in [1.82, 2.24) is 4.57 Å². The van der Waals surface area contributed by atoms with E-state index in [9.17, 15) is 4.79 Å². The summed E-state index contributed by atoms with van der Waals surface area (Å²) in [6, 6.07) is 12.5. The molecular weight excluding hydrogens is 236 g/mol. The fraction of sp³-hybridized carbons (Fsp3) is 0.312. The van der Waals surface area contributed by atoms with Gasteiger partial charge in [-0.25, -0.2) is 0 Å². The fourth-order valence-electron chi connectivity index (χ4n) is 2.86. The zero-order chi connectivity index (χ0) is 13.4. The van der Waals surface area contributed by atoms with Crippen LogP contribution in [0.25, 0.3) is 0 Å². The Hall–Kier alpha value is -2.03. The molecule has 1 unspecified atom stereocenters. The third-order valence-electron chi connectivity index (χ3n) is 3.89. The number of anilines is 1. The summed E-state index contributed by atoms with van der Waals surface area (Å²) in [5, 5.41) is 0. The number of aryl methyl sites for hydroxylation is 1. The number of rotatable bonds is 3. The van der Waals surface area contributed by atoms with Crippen LogP contribution in [0.5, 0.6) is 0 Å². The highest BCUT2D eigenvalue weighted by atomic mass is 16.1. The van der Waals surface area contributed by atoms with Crippen LogP contribution in [0.3, 0.4) is 0 Å². The number of fused-ring (bicyclic) bond motifs is 1. The van der Waals surface area contributed by atoms with Gasteiger partial charge in [-0.05, 0) is 37.1 Å². The van der Waals surface area contributed by atoms with E-state index in [4.69, 9.17) is 0 Å². The molecule has 0 aliphatic carbocycles. The predicted octanol–water partition coefficient (Wildman–Crippen LogP) is 2.66. The Morgan fingerprint density at radius 2 is 2.05 bits per heavy atom. The van der Waals surface area contributed by atoms with E-state index >= 15 is 0 Å². The van der Waals surface area contributed by atoms with Crippen molar-refractivity contribution >= 4 is 11.5 Å². The molecule has 0 saturated carbocycles. The largest absolute Gasteiger partial charge is 0.360 e. The summed E-state index contributed by atoms with van der Waals surface area (Å²) in [5.41, 5.74) is 3.32. The van der Waals surface area contributed by atoms with Crippen molar-refractivity contribution in [1.29, 1.82) is 0 Å². The van der Waals surface area contributed by atoms with Crippen LogP contribution < -0.4 is 4.90 Å². The van der Waals surface area contributed by atoms with Crippen LogP contribution in [0.1, 0.15) is 23.0 Å². The molecule has 1 aliphatic heterocycles. The van der Waals surface area contributed by atoms with E-state index in [0.29, 0.717) is 12.6 Å². The van der Waals surface area contributed by atoms with Gasteiger partial charge < -0.3 is 9.47 Å². The van der Waals surface area contributed by atoms with E-state index < -0.39 is 0 Å². The van der Waals surface area contributed by atoms with E-state index in [0.717, 1.165) is 12.1 Å². The van der Waals surface area contributed by atoms with Gasteiger partial charge >= 0.3 is 0 Å². The lowest BCUT2D eigenvalue weighted by Crippen LogP contribution is -2.35. The maximum Gasteiger partial charge on any atom is 0.198 e. The van der Waals surface area contributed by atoms with Crippen LogP contribution in [0, 0.1) is 0 Å². The molecule has 0 amide bonds. The molecule has 0 radical (unpaired) electrons. The number of para-hydroxylation sites is 1. The van der Waals surface area contributed by atoms with Crippen molar-refractivity contribution < 1.29 is 4.79 Å². The first kappa shape index (κ1) is 12.0. The molecule has 0 fully saturated rings. The first-order valence-electron chi connectivity index (χ1n) is 6.66. The van der Waals surface area contributed by atoms with Gasteiger partial charge in [0.05, 0.1) is 12.2 Å². The SMILES string of the molecule is CC1Cc2ccccc2N1CC(=O)c1cccn1C. The van der Waals surface area contributed by atoms with Gasteiger partial charge in [-0.1, -0.05) is 18.2 Å². The minimum atomic E-state index is 0.177. The second-order valence-electron chi connectivity index (χ2n) is 5.24. The van der Waals surface area contributed by atoms with Crippen molar-refractivity contribution in [3.63, 3.8) is 0 Å². The van der Waals surface area contributed by atoms with Crippen LogP contribution in [-0.4, -0.2) is 22.9 Å². The number of Topliss-reactive ketones (excluding diaryl/α,β-unsaturated/α-hetero) is 1. The van der Waals surface area contributed by atoms with Gasteiger partial charge in [0.2, 0.25) is 0 Å². The normalized spacial score (nSPS) is 17.6. The first-order valence-corrected chi connectivity index (χ1v) is 6.66. The summed E-state index contributed by atoms with van der Waals surface area (Å²) in [6.07, 6.45) is 2.94. The van der Waals surface area contributed by atoms with Crippen LogP contribution in [0.4, 0.5) is 5.69 Å². The lowest BCUT2D eigenvalue weighted by Gasteiger charge is -2.24. The highest BCUT2D eigenvalue weighted by Gasteiger charge is 2.27. The minimum Gasteiger partial charge on any atom is -0.360 e. The molecule has 0 N–H and O–H groups in total. The summed E-state index contributed by atoms with van der Waals surface area (Å²) in [7, 11) is 1.91. The van der Waals surface area contributed by atoms with Crippen molar-refractivity contribution in [2.24, 2.45) is 7.05 Å². The average molecular weight is 254 g/mol. The molecule has 1 aromatic carbocycles. The Balaban J connectivity index is 1.84. The molecule has 98 valence electrons. The lowest BCUT2D eigenvalue weighted by atomic mass is 10.1. The zero-order valence-electron chi connectivity index (χ0n) is 11.3. The average Bonchev–Trinajstić information content (AvgIpc) is 2.94.